The lowest BCUT2D eigenvalue weighted by atomic mass is 9.33. The quantitative estimate of drug-likeness (QED) is 0.419. The van der Waals surface area contributed by atoms with Gasteiger partial charge >= 0.3 is 5.97 Å². The highest BCUT2D eigenvalue weighted by Crippen LogP contribution is 2.75. The van der Waals surface area contributed by atoms with Gasteiger partial charge in [0.15, 0.2) is 5.78 Å². The average Bonchev–Trinajstić information content (AvgIpc) is 2.87. The van der Waals surface area contributed by atoms with E-state index in [0.717, 1.165) is 44.9 Å². The van der Waals surface area contributed by atoms with E-state index in [1.165, 1.54) is 5.57 Å². The molecule has 3 N–H and O–H groups in total. The Balaban J connectivity index is 1.54. The summed E-state index contributed by atoms with van der Waals surface area (Å²) in [4.78, 5) is 27.8. The minimum Gasteiger partial charge on any atom is -0.457 e. The summed E-state index contributed by atoms with van der Waals surface area (Å²) in [5.74, 6) is 0.253. The third kappa shape index (κ3) is 3.90. The maximum atomic E-state index is 14.4. The highest BCUT2D eigenvalue weighted by Gasteiger charge is 2.70. The first-order valence-electron chi connectivity index (χ1n) is 15.4. The number of carbonyl (C=O) groups excluding carboxylic acids is 2. The monoisotopic (exact) mass is 544 g/mol. The molecule has 0 heterocycles. The van der Waals surface area contributed by atoms with Crippen molar-refractivity contribution in [2.75, 3.05) is 13.2 Å². The van der Waals surface area contributed by atoms with Gasteiger partial charge < -0.3 is 20.1 Å². The van der Waals surface area contributed by atoms with Gasteiger partial charge in [-0.05, 0) is 110 Å². The van der Waals surface area contributed by atoms with Gasteiger partial charge in [0.25, 0.3) is 0 Å². The first-order chi connectivity index (χ1) is 18.0. The molecule has 220 valence electrons. The molecule has 0 saturated heterocycles. The summed E-state index contributed by atoms with van der Waals surface area (Å²) < 4.78 is 5.55. The topological polar surface area (TPSA) is 104 Å². The van der Waals surface area contributed by atoms with E-state index in [1.807, 2.05) is 13.0 Å². The fourth-order valence-electron chi connectivity index (χ4n) is 10.8. The van der Waals surface area contributed by atoms with E-state index in [9.17, 15) is 24.9 Å². The highest BCUT2D eigenvalue weighted by atomic mass is 16.6. The van der Waals surface area contributed by atoms with Crippen molar-refractivity contribution < 1.29 is 29.6 Å². The molecule has 39 heavy (non-hydrogen) atoms. The fraction of sp³-hybridized carbons (Fsp3) is 0.879. The molecule has 0 spiro atoms. The molecular formula is C33H52O6. The Kier molecular flexibility index (Phi) is 6.85. The number of aliphatic hydroxyl groups excluding tert-OH is 3. The zero-order valence-electron chi connectivity index (χ0n) is 25.3. The van der Waals surface area contributed by atoms with Gasteiger partial charge in [-0.15, -0.1) is 0 Å². The predicted molar refractivity (Wildman–Crippen MR) is 149 cm³/mol. The van der Waals surface area contributed by atoms with Crippen LogP contribution in [0.4, 0.5) is 0 Å². The van der Waals surface area contributed by atoms with Crippen molar-refractivity contribution in [2.45, 2.75) is 118 Å². The van der Waals surface area contributed by atoms with Gasteiger partial charge in [0, 0.05) is 5.92 Å². The molecule has 5 rings (SSSR count). The van der Waals surface area contributed by atoms with Crippen LogP contribution in [0.25, 0.3) is 0 Å². The summed E-state index contributed by atoms with van der Waals surface area (Å²) in [5.41, 5.74) is -0.113. The van der Waals surface area contributed by atoms with Crippen LogP contribution in [0.1, 0.15) is 106 Å². The molecule has 6 nitrogen and oxygen atoms in total. The number of carbonyl (C=O) groups is 2. The summed E-state index contributed by atoms with van der Waals surface area (Å²) in [5, 5.41) is 29.9. The van der Waals surface area contributed by atoms with E-state index in [-0.39, 0.29) is 56.8 Å². The van der Waals surface area contributed by atoms with Crippen molar-refractivity contribution >= 4 is 11.8 Å². The summed E-state index contributed by atoms with van der Waals surface area (Å²) in [7, 11) is 0. The number of fused-ring (bicyclic) bond motifs is 7. The van der Waals surface area contributed by atoms with Gasteiger partial charge in [-0.3, -0.25) is 9.59 Å². The second-order valence-corrected chi connectivity index (χ2v) is 16.0. The van der Waals surface area contributed by atoms with Crippen molar-refractivity contribution in [3.8, 4) is 0 Å². The second kappa shape index (κ2) is 9.13. The van der Waals surface area contributed by atoms with Crippen LogP contribution in [0, 0.1) is 50.2 Å². The Bertz CT molecular complexity index is 1060. The molecule has 5 aliphatic carbocycles. The molecule has 5 aliphatic rings. The molecule has 0 aromatic rings. The van der Waals surface area contributed by atoms with Gasteiger partial charge in [-0.1, -0.05) is 47.1 Å². The Labute approximate surface area is 235 Å². The smallest absolute Gasteiger partial charge is 0.312 e. The van der Waals surface area contributed by atoms with E-state index in [2.05, 4.69) is 41.5 Å². The zero-order valence-corrected chi connectivity index (χ0v) is 25.3. The molecule has 4 saturated carbocycles. The highest BCUT2D eigenvalue weighted by molar-refractivity contribution is 5.95. The minimum absolute atomic E-state index is 0.0278. The van der Waals surface area contributed by atoms with Crippen LogP contribution in [0.5, 0.6) is 0 Å². The van der Waals surface area contributed by atoms with Crippen LogP contribution in [-0.4, -0.2) is 52.5 Å². The van der Waals surface area contributed by atoms with Gasteiger partial charge in [0.1, 0.15) is 6.10 Å². The van der Waals surface area contributed by atoms with Crippen LogP contribution in [0.3, 0.4) is 0 Å². The number of aliphatic hydroxyl groups is 3. The van der Waals surface area contributed by atoms with Crippen LogP contribution in [0.15, 0.2) is 11.6 Å². The summed E-state index contributed by atoms with van der Waals surface area (Å²) in [6, 6.07) is 0. The van der Waals surface area contributed by atoms with Gasteiger partial charge in [-0.2, -0.15) is 0 Å². The van der Waals surface area contributed by atoms with Crippen LogP contribution in [0.2, 0.25) is 0 Å². The van der Waals surface area contributed by atoms with E-state index in [0.29, 0.717) is 18.8 Å². The molecule has 0 aromatic carbocycles. The molecule has 0 unspecified atom stereocenters. The number of esters is 1. The standard InChI is InChI=1S/C33H52O6/c1-28(2)24-8-11-33(7)26(31(24,5)10-9-25(28)37)23(36)16-21-22-17-30(4,27(38)39-20(18-34)19-35)13-12-29(22,3)14-15-32(21,33)6/h16,20,22,24-26,34-35,37H,8-15,17-19H2,1-7H3/t22-,24-,25-,26-,29+,30-,31-,32+,33+/m0/s1. The van der Waals surface area contributed by atoms with Crippen LogP contribution < -0.4 is 0 Å². The van der Waals surface area contributed by atoms with Crippen molar-refractivity contribution in [3.63, 3.8) is 0 Å². The lowest BCUT2D eigenvalue weighted by Gasteiger charge is -2.70. The SMILES string of the molecule is CC1(C)[C@@H](O)CC[C@@]2(C)[C@H]1CC[C@]1(C)[C@H]2C(=O)C=C2[C@@H]3C[C@@](C)(C(=O)OC(CO)CO)CC[C@]3(C)CC[C@]21C. The van der Waals surface area contributed by atoms with Crippen molar-refractivity contribution in [3.05, 3.63) is 11.6 Å². The Morgan fingerprint density at radius 1 is 0.949 bits per heavy atom. The van der Waals surface area contributed by atoms with Crippen LogP contribution >= 0.6 is 0 Å². The third-order valence-corrected chi connectivity index (χ3v) is 13.7. The number of rotatable bonds is 4. The first kappa shape index (κ1) is 29.3. The van der Waals surface area contributed by atoms with Crippen LogP contribution in [-0.2, 0) is 14.3 Å². The fourth-order valence-corrected chi connectivity index (χ4v) is 10.8. The largest absolute Gasteiger partial charge is 0.457 e. The number of hydrogen-bond acceptors (Lipinski definition) is 6. The third-order valence-electron chi connectivity index (χ3n) is 13.7. The van der Waals surface area contributed by atoms with Gasteiger partial charge in [-0.25, -0.2) is 0 Å². The first-order valence-corrected chi connectivity index (χ1v) is 15.4. The van der Waals surface area contributed by atoms with Crippen molar-refractivity contribution in [1.82, 2.24) is 0 Å². The maximum absolute atomic E-state index is 14.4. The lowest BCUT2D eigenvalue weighted by molar-refractivity contribution is -0.202. The Hall–Kier alpha value is -1.24. The molecule has 9 atom stereocenters. The normalized spacial score (nSPS) is 48.8. The Morgan fingerprint density at radius 2 is 1.59 bits per heavy atom. The number of hydrogen-bond donors (Lipinski definition) is 3. The molecular weight excluding hydrogens is 492 g/mol. The second-order valence-electron chi connectivity index (χ2n) is 16.0. The Morgan fingerprint density at radius 3 is 2.23 bits per heavy atom. The van der Waals surface area contributed by atoms with E-state index < -0.39 is 24.7 Å². The summed E-state index contributed by atoms with van der Waals surface area (Å²) in [6.45, 7) is 15.0. The number of ether oxygens (including phenoxy) is 1. The minimum atomic E-state index is -0.899. The predicted octanol–water partition coefficient (Wildman–Crippen LogP) is 5.22. The van der Waals surface area contributed by atoms with Gasteiger partial charge in [0.05, 0.1) is 24.7 Å². The van der Waals surface area contributed by atoms with E-state index >= 15 is 0 Å². The zero-order chi connectivity index (χ0) is 28.8. The van der Waals surface area contributed by atoms with E-state index in [1.54, 1.807) is 0 Å². The molecule has 0 radical (unpaired) electrons. The molecule has 0 amide bonds. The van der Waals surface area contributed by atoms with Gasteiger partial charge in [0.2, 0.25) is 0 Å². The number of ketones is 1. The maximum Gasteiger partial charge on any atom is 0.312 e. The molecule has 0 aromatic heterocycles. The van der Waals surface area contributed by atoms with E-state index in [4.69, 9.17) is 4.74 Å². The molecule has 0 aliphatic heterocycles. The molecule has 0 bridgehead atoms. The number of allylic oxidation sites excluding steroid dienone is 2. The summed E-state index contributed by atoms with van der Waals surface area (Å²) in [6.07, 6.45) is 8.77. The lowest BCUT2D eigenvalue weighted by Crippen LogP contribution is -2.66. The van der Waals surface area contributed by atoms with Crippen molar-refractivity contribution in [1.29, 1.82) is 0 Å². The summed E-state index contributed by atoms with van der Waals surface area (Å²) >= 11 is 0. The molecule has 4 fully saturated rings. The van der Waals surface area contributed by atoms with Crippen molar-refractivity contribution in [2.24, 2.45) is 50.2 Å². The average molecular weight is 545 g/mol. The molecule has 6 heteroatoms.